The molecular formula is C21H33Cl2N3O3. The molecule has 0 aliphatic rings. The van der Waals surface area contributed by atoms with Crippen molar-refractivity contribution in [2.45, 2.75) is 32.7 Å². The molecule has 0 fully saturated rings. The molecule has 1 unspecified atom stereocenters. The van der Waals surface area contributed by atoms with Crippen LogP contribution in [0.5, 0.6) is 0 Å². The number of alkyl halides is 2. The highest BCUT2D eigenvalue weighted by atomic mass is 35.5. The van der Waals surface area contributed by atoms with Crippen molar-refractivity contribution in [3.05, 3.63) is 29.8 Å². The van der Waals surface area contributed by atoms with Crippen LogP contribution in [0.3, 0.4) is 0 Å². The Labute approximate surface area is 184 Å². The molecular weight excluding hydrogens is 413 g/mol. The number of carbonyl (C=O) groups is 2. The number of anilines is 1. The third-order valence-electron chi connectivity index (χ3n) is 4.63. The Morgan fingerprint density at radius 2 is 1.69 bits per heavy atom. The maximum atomic E-state index is 12.4. The van der Waals surface area contributed by atoms with Gasteiger partial charge in [-0.2, -0.15) is 0 Å². The Balaban J connectivity index is 2.80. The molecule has 164 valence electrons. The van der Waals surface area contributed by atoms with E-state index >= 15 is 0 Å². The summed E-state index contributed by atoms with van der Waals surface area (Å²) in [7, 11) is 1.33. The van der Waals surface area contributed by atoms with Gasteiger partial charge in [-0.1, -0.05) is 26.0 Å². The molecule has 29 heavy (non-hydrogen) atoms. The number of carbonyl (C=O) groups excluding carboxylic acids is 2. The minimum Gasteiger partial charge on any atom is -0.467 e. The molecule has 1 amide bonds. The van der Waals surface area contributed by atoms with Crippen LogP contribution in [-0.2, 0) is 20.7 Å². The first-order valence-electron chi connectivity index (χ1n) is 10.0. The van der Waals surface area contributed by atoms with E-state index in [1.807, 2.05) is 36.1 Å². The van der Waals surface area contributed by atoms with Crippen LogP contribution in [0.1, 0.15) is 25.8 Å². The topological polar surface area (TPSA) is 61.9 Å². The van der Waals surface area contributed by atoms with Gasteiger partial charge in [0.25, 0.3) is 0 Å². The number of ether oxygens (including phenoxy) is 1. The zero-order valence-corrected chi connectivity index (χ0v) is 19.1. The number of esters is 1. The van der Waals surface area contributed by atoms with E-state index in [1.165, 1.54) is 7.11 Å². The summed E-state index contributed by atoms with van der Waals surface area (Å²) in [5.74, 6) is 0.402. The predicted octanol–water partition coefficient (Wildman–Crippen LogP) is 2.90. The molecule has 0 spiro atoms. The zero-order valence-electron chi connectivity index (χ0n) is 17.6. The van der Waals surface area contributed by atoms with Crippen LogP contribution in [0.2, 0.25) is 0 Å². The first-order valence-corrected chi connectivity index (χ1v) is 11.1. The molecule has 0 bridgehead atoms. The predicted molar refractivity (Wildman–Crippen MR) is 120 cm³/mol. The fourth-order valence-electron chi connectivity index (χ4n) is 3.10. The van der Waals surface area contributed by atoms with Crippen molar-refractivity contribution < 1.29 is 14.3 Å². The van der Waals surface area contributed by atoms with Crippen LogP contribution >= 0.6 is 23.2 Å². The maximum absolute atomic E-state index is 12.4. The maximum Gasteiger partial charge on any atom is 0.328 e. The lowest BCUT2D eigenvalue weighted by Crippen LogP contribution is -2.47. The molecule has 0 radical (unpaired) electrons. The second-order valence-electron chi connectivity index (χ2n) is 6.75. The fraction of sp³-hybridized carbons (Fsp3) is 0.619. The number of nitrogens with zero attached hydrogens (tertiary/aromatic N) is 2. The van der Waals surface area contributed by atoms with Crippen molar-refractivity contribution in [2.24, 2.45) is 0 Å². The molecule has 0 aliphatic carbocycles. The van der Waals surface area contributed by atoms with E-state index in [-0.39, 0.29) is 12.5 Å². The first-order chi connectivity index (χ1) is 14.0. The highest BCUT2D eigenvalue weighted by Crippen LogP contribution is 2.17. The number of nitrogens with one attached hydrogen (secondary N) is 1. The third kappa shape index (κ3) is 9.24. The van der Waals surface area contributed by atoms with Gasteiger partial charge in [-0.05, 0) is 37.2 Å². The smallest absolute Gasteiger partial charge is 0.328 e. The van der Waals surface area contributed by atoms with Crippen molar-refractivity contribution in [3.8, 4) is 0 Å². The summed E-state index contributed by atoms with van der Waals surface area (Å²) < 4.78 is 4.89. The van der Waals surface area contributed by atoms with Gasteiger partial charge in [-0.3, -0.25) is 9.69 Å². The van der Waals surface area contributed by atoms with Gasteiger partial charge in [-0.15, -0.1) is 23.2 Å². The van der Waals surface area contributed by atoms with Crippen LogP contribution < -0.4 is 10.2 Å². The molecule has 0 aliphatic heterocycles. The lowest BCUT2D eigenvalue weighted by atomic mass is 10.0. The van der Waals surface area contributed by atoms with Gasteiger partial charge < -0.3 is 15.0 Å². The highest BCUT2D eigenvalue weighted by molar-refractivity contribution is 6.18. The minimum absolute atomic E-state index is 0.178. The molecule has 0 aromatic heterocycles. The average Bonchev–Trinajstić information content (AvgIpc) is 2.72. The number of halogens is 2. The van der Waals surface area contributed by atoms with E-state index in [0.717, 1.165) is 30.8 Å². The Bertz CT molecular complexity index is 608. The molecule has 1 aromatic rings. The molecule has 0 heterocycles. The van der Waals surface area contributed by atoms with Crippen molar-refractivity contribution in [1.82, 2.24) is 10.2 Å². The standard InChI is InChI=1S/C21H33Cl2N3O3/c1-4-12-25(5-2)16-20(27)24-19(21(28)29-3)15-17-6-8-18(9-7-17)26(13-10-22)14-11-23/h6-9,19H,4-5,10-16H2,1-3H3,(H,24,27). The SMILES string of the molecule is CCCN(CC)CC(=O)NC(Cc1ccc(N(CCCl)CCCl)cc1)C(=O)OC. The van der Waals surface area contributed by atoms with E-state index < -0.39 is 12.0 Å². The van der Waals surface area contributed by atoms with Crippen LogP contribution in [0, 0.1) is 0 Å². The fourth-order valence-corrected chi connectivity index (χ4v) is 3.50. The number of likely N-dealkylation sites (N-methyl/N-ethyl adjacent to an activating group) is 1. The number of benzene rings is 1. The van der Waals surface area contributed by atoms with Gasteiger partial charge >= 0.3 is 5.97 Å². The summed E-state index contributed by atoms with van der Waals surface area (Å²) in [5.41, 5.74) is 1.95. The summed E-state index contributed by atoms with van der Waals surface area (Å²) in [6.07, 6.45) is 1.34. The summed E-state index contributed by atoms with van der Waals surface area (Å²) in [4.78, 5) is 28.7. The number of rotatable bonds is 14. The van der Waals surface area contributed by atoms with E-state index in [2.05, 4.69) is 17.1 Å². The van der Waals surface area contributed by atoms with Gasteiger partial charge in [0.15, 0.2) is 0 Å². The second-order valence-corrected chi connectivity index (χ2v) is 7.50. The average molecular weight is 446 g/mol. The molecule has 1 atom stereocenters. The minimum atomic E-state index is -0.722. The van der Waals surface area contributed by atoms with Crippen molar-refractivity contribution in [2.75, 3.05) is 56.5 Å². The Morgan fingerprint density at radius 3 is 2.17 bits per heavy atom. The monoisotopic (exact) mass is 445 g/mol. The summed E-state index contributed by atoms with van der Waals surface area (Å²) in [5, 5.41) is 2.82. The zero-order chi connectivity index (χ0) is 21.6. The third-order valence-corrected chi connectivity index (χ3v) is 4.96. The van der Waals surface area contributed by atoms with E-state index in [1.54, 1.807) is 0 Å². The molecule has 1 rings (SSSR count). The van der Waals surface area contributed by atoms with Crippen LogP contribution in [0.25, 0.3) is 0 Å². The van der Waals surface area contributed by atoms with Gasteiger partial charge in [0.2, 0.25) is 5.91 Å². The highest BCUT2D eigenvalue weighted by Gasteiger charge is 2.23. The molecule has 1 N–H and O–H groups in total. The number of hydrogen-bond donors (Lipinski definition) is 1. The Kier molecular flexibility index (Phi) is 12.7. The quantitative estimate of drug-likeness (QED) is 0.352. The van der Waals surface area contributed by atoms with Crippen molar-refractivity contribution >= 4 is 40.8 Å². The normalized spacial score (nSPS) is 11.9. The van der Waals surface area contributed by atoms with Crippen LogP contribution in [-0.4, -0.2) is 74.4 Å². The van der Waals surface area contributed by atoms with E-state index in [4.69, 9.17) is 27.9 Å². The van der Waals surface area contributed by atoms with Gasteiger partial charge in [0.1, 0.15) is 6.04 Å². The summed E-state index contributed by atoms with van der Waals surface area (Å²) in [6.45, 7) is 7.40. The van der Waals surface area contributed by atoms with Gasteiger partial charge in [0, 0.05) is 37.0 Å². The van der Waals surface area contributed by atoms with Gasteiger partial charge in [0.05, 0.1) is 13.7 Å². The Hall–Kier alpha value is -1.50. The summed E-state index contributed by atoms with van der Waals surface area (Å²) in [6, 6.07) is 7.13. The van der Waals surface area contributed by atoms with E-state index in [9.17, 15) is 9.59 Å². The lowest BCUT2D eigenvalue weighted by Gasteiger charge is -2.24. The Morgan fingerprint density at radius 1 is 1.07 bits per heavy atom. The lowest BCUT2D eigenvalue weighted by molar-refractivity contribution is -0.145. The van der Waals surface area contributed by atoms with Crippen molar-refractivity contribution in [1.29, 1.82) is 0 Å². The summed E-state index contributed by atoms with van der Waals surface area (Å²) >= 11 is 11.7. The number of amides is 1. The molecule has 0 saturated carbocycles. The van der Waals surface area contributed by atoms with Crippen LogP contribution in [0.4, 0.5) is 5.69 Å². The first kappa shape index (κ1) is 25.5. The molecule has 6 nitrogen and oxygen atoms in total. The second kappa shape index (κ2) is 14.5. The molecule has 0 saturated heterocycles. The van der Waals surface area contributed by atoms with E-state index in [0.29, 0.717) is 31.3 Å². The largest absolute Gasteiger partial charge is 0.467 e. The van der Waals surface area contributed by atoms with Gasteiger partial charge in [-0.25, -0.2) is 4.79 Å². The molecule has 8 heteroatoms. The van der Waals surface area contributed by atoms with Crippen LogP contribution in [0.15, 0.2) is 24.3 Å². The molecule has 1 aromatic carbocycles. The van der Waals surface area contributed by atoms with Crippen molar-refractivity contribution in [3.63, 3.8) is 0 Å². The number of hydrogen-bond acceptors (Lipinski definition) is 5. The number of methoxy groups -OCH3 is 1.